The van der Waals surface area contributed by atoms with E-state index in [4.69, 9.17) is 4.42 Å². The second kappa shape index (κ2) is 5.70. The lowest BCUT2D eigenvalue weighted by Crippen LogP contribution is -2.33. The van der Waals surface area contributed by atoms with Crippen LogP contribution >= 0.6 is 0 Å². The van der Waals surface area contributed by atoms with E-state index in [2.05, 4.69) is 5.32 Å². The number of carbonyl (C=O) groups excluding carboxylic acids is 1. The van der Waals surface area contributed by atoms with Crippen LogP contribution in [0.5, 0.6) is 0 Å². The van der Waals surface area contributed by atoms with E-state index >= 15 is 0 Å². The van der Waals surface area contributed by atoms with Gasteiger partial charge in [-0.1, -0.05) is 0 Å². The number of anilines is 1. The highest BCUT2D eigenvalue weighted by Gasteiger charge is 2.27. The summed E-state index contributed by atoms with van der Waals surface area (Å²) in [5, 5.41) is 4.21. The summed E-state index contributed by atoms with van der Waals surface area (Å²) in [5.74, 6) is -0.594. The first-order valence-corrected chi connectivity index (χ1v) is 6.39. The molecule has 118 valence electrons. The molecule has 5 nitrogen and oxygen atoms in total. The molecule has 2 rings (SSSR count). The molecule has 0 aliphatic heterocycles. The maximum Gasteiger partial charge on any atom is 0.482 e. The first kappa shape index (κ1) is 15.9. The first-order valence-electron chi connectivity index (χ1n) is 6.39. The van der Waals surface area contributed by atoms with Gasteiger partial charge in [0.25, 0.3) is 5.91 Å². The Labute approximate surface area is 123 Å². The van der Waals surface area contributed by atoms with Crippen LogP contribution in [0.4, 0.5) is 18.9 Å². The Balaban J connectivity index is 2.42. The lowest BCUT2D eigenvalue weighted by molar-refractivity contribution is -0.0999. The first-order chi connectivity index (χ1) is 10.2. The largest absolute Gasteiger partial charge is 0.482 e. The molecule has 0 fully saturated rings. The van der Waals surface area contributed by atoms with Crippen LogP contribution < -0.4 is 16.3 Å². The van der Waals surface area contributed by atoms with E-state index in [0.29, 0.717) is 5.39 Å². The number of hydrogen-bond acceptors (Lipinski definition) is 4. The molecule has 0 aliphatic carbocycles. The van der Waals surface area contributed by atoms with Gasteiger partial charge in [0.2, 0.25) is 0 Å². The molecule has 0 bridgehead atoms. The van der Waals surface area contributed by atoms with Gasteiger partial charge in [-0.25, -0.2) is 4.79 Å². The predicted molar refractivity (Wildman–Crippen MR) is 74.8 cm³/mol. The van der Waals surface area contributed by atoms with E-state index < -0.39 is 17.8 Å². The molecule has 22 heavy (non-hydrogen) atoms. The van der Waals surface area contributed by atoms with Gasteiger partial charge in [0.15, 0.2) is 0 Å². The number of nitrogens with one attached hydrogen (secondary N) is 2. The van der Waals surface area contributed by atoms with Crippen LogP contribution in [0.3, 0.4) is 0 Å². The monoisotopic (exact) mass is 314 g/mol. The molecule has 1 aromatic heterocycles. The summed E-state index contributed by atoms with van der Waals surface area (Å²) in [4.78, 5) is 23.6. The van der Waals surface area contributed by atoms with Gasteiger partial charge in [-0.05, 0) is 32.0 Å². The summed E-state index contributed by atoms with van der Waals surface area (Å²) < 4.78 is 41.7. The van der Waals surface area contributed by atoms with Gasteiger partial charge in [0, 0.05) is 23.2 Å². The minimum atomic E-state index is -4.59. The molecule has 0 saturated carbocycles. The fourth-order valence-corrected chi connectivity index (χ4v) is 1.85. The smallest absolute Gasteiger partial charge is 0.422 e. The van der Waals surface area contributed by atoms with Crippen molar-refractivity contribution in [2.75, 3.05) is 5.32 Å². The summed E-state index contributed by atoms with van der Waals surface area (Å²) in [6.45, 7) is 3.46. The number of amides is 1. The molecule has 0 saturated heterocycles. The number of hydrogen-bond donors (Lipinski definition) is 2. The molecular weight excluding hydrogens is 301 g/mol. The Kier molecular flexibility index (Phi) is 4.11. The molecule has 0 radical (unpaired) electrons. The third-order valence-corrected chi connectivity index (χ3v) is 2.69. The zero-order valence-electron chi connectivity index (χ0n) is 11.7. The van der Waals surface area contributed by atoms with Crippen molar-refractivity contribution < 1.29 is 22.4 Å². The minimum Gasteiger partial charge on any atom is -0.422 e. The van der Waals surface area contributed by atoms with Gasteiger partial charge in [-0.2, -0.15) is 13.2 Å². The third kappa shape index (κ3) is 3.78. The molecule has 0 spiro atoms. The zero-order chi connectivity index (χ0) is 16.5. The standard InChI is InChI=1S/C14H13F3N2O3/c1-7(2)18-12(20)10-5-8-3-4-9(19-14(15,16)17)6-11(8)22-13(10)21/h3-7,19H,1-2H3,(H,18,20). The summed E-state index contributed by atoms with van der Waals surface area (Å²) in [7, 11) is 0. The molecule has 0 atom stereocenters. The van der Waals surface area contributed by atoms with Crippen molar-refractivity contribution in [3.63, 3.8) is 0 Å². The summed E-state index contributed by atoms with van der Waals surface area (Å²) in [6.07, 6.45) is -4.59. The average Bonchev–Trinajstić information content (AvgIpc) is 2.34. The van der Waals surface area contributed by atoms with Crippen molar-refractivity contribution in [3.05, 3.63) is 40.2 Å². The fraction of sp³-hybridized carbons (Fsp3) is 0.286. The number of halogens is 3. The molecule has 1 aromatic carbocycles. The van der Waals surface area contributed by atoms with Crippen LogP contribution in [0.1, 0.15) is 24.2 Å². The zero-order valence-corrected chi connectivity index (χ0v) is 11.7. The number of alkyl halides is 3. The van der Waals surface area contributed by atoms with Crippen molar-refractivity contribution >= 4 is 22.6 Å². The van der Waals surface area contributed by atoms with Gasteiger partial charge in [-0.3, -0.25) is 10.1 Å². The topological polar surface area (TPSA) is 71.3 Å². The molecule has 8 heteroatoms. The van der Waals surface area contributed by atoms with E-state index in [-0.39, 0.29) is 22.9 Å². The number of carbonyl (C=O) groups is 1. The lowest BCUT2D eigenvalue weighted by Gasteiger charge is -2.10. The Morgan fingerprint density at radius 1 is 1.23 bits per heavy atom. The second-order valence-electron chi connectivity index (χ2n) is 4.95. The van der Waals surface area contributed by atoms with Crippen LogP contribution in [0.25, 0.3) is 11.0 Å². The van der Waals surface area contributed by atoms with Crippen molar-refractivity contribution in [3.8, 4) is 0 Å². The maximum atomic E-state index is 12.3. The molecule has 1 amide bonds. The minimum absolute atomic E-state index is 0.0413. The van der Waals surface area contributed by atoms with Crippen LogP contribution in [0.15, 0.2) is 33.5 Å². The van der Waals surface area contributed by atoms with Gasteiger partial charge in [0.1, 0.15) is 11.1 Å². The van der Waals surface area contributed by atoms with E-state index in [1.165, 1.54) is 23.5 Å². The van der Waals surface area contributed by atoms with Gasteiger partial charge in [-0.15, -0.1) is 0 Å². The number of benzene rings is 1. The van der Waals surface area contributed by atoms with Crippen molar-refractivity contribution in [1.29, 1.82) is 0 Å². The summed E-state index contributed by atoms with van der Waals surface area (Å²) in [5.41, 5.74) is -1.41. The second-order valence-corrected chi connectivity index (χ2v) is 4.95. The highest BCUT2D eigenvalue weighted by molar-refractivity contribution is 5.97. The SMILES string of the molecule is CC(C)NC(=O)c1cc2ccc(NC(F)(F)F)cc2oc1=O. The van der Waals surface area contributed by atoms with Crippen LogP contribution in [-0.2, 0) is 0 Å². The fourth-order valence-electron chi connectivity index (χ4n) is 1.85. The molecule has 1 heterocycles. The van der Waals surface area contributed by atoms with E-state index in [9.17, 15) is 22.8 Å². The van der Waals surface area contributed by atoms with Crippen molar-refractivity contribution in [2.45, 2.75) is 26.2 Å². The van der Waals surface area contributed by atoms with Crippen molar-refractivity contribution in [1.82, 2.24) is 5.32 Å². The molecule has 0 aliphatic rings. The Morgan fingerprint density at radius 2 is 1.91 bits per heavy atom. The Morgan fingerprint density at radius 3 is 2.50 bits per heavy atom. The van der Waals surface area contributed by atoms with Gasteiger partial charge < -0.3 is 9.73 Å². The molecule has 2 N–H and O–H groups in total. The lowest BCUT2D eigenvalue weighted by atomic mass is 10.1. The Hall–Kier alpha value is -2.51. The van der Waals surface area contributed by atoms with Crippen LogP contribution in [0.2, 0.25) is 0 Å². The third-order valence-electron chi connectivity index (χ3n) is 2.69. The summed E-state index contributed by atoms with van der Waals surface area (Å²) >= 11 is 0. The molecule has 2 aromatic rings. The predicted octanol–water partition coefficient (Wildman–Crippen LogP) is 2.86. The van der Waals surface area contributed by atoms with Gasteiger partial charge in [0.05, 0.1) is 0 Å². The highest BCUT2D eigenvalue weighted by Crippen LogP contribution is 2.23. The number of fused-ring (bicyclic) bond motifs is 1. The quantitative estimate of drug-likeness (QED) is 0.675. The molecule has 0 unspecified atom stereocenters. The van der Waals surface area contributed by atoms with E-state index in [1.807, 2.05) is 0 Å². The normalized spacial score (nSPS) is 11.7. The maximum absolute atomic E-state index is 12.3. The van der Waals surface area contributed by atoms with Crippen molar-refractivity contribution in [2.24, 2.45) is 0 Å². The average molecular weight is 314 g/mol. The van der Waals surface area contributed by atoms with Crippen LogP contribution in [0, 0.1) is 0 Å². The van der Waals surface area contributed by atoms with Crippen LogP contribution in [-0.4, -0.2) is 18.2 Å². The number of rotatable bonds is 3. The summed E-state index contributed by atoms with van der Waals surface area (Å²) in [6, 6.07) is 4.68. The van der Waals surface area contributed by atoms with E-state index in [1.54, 1.807) is 13.8 Å². The van der Waals surface area contributed by atoms with Gasteiger partial charge >= 0.3 is 11.9 Å². The molecular formula is C14H13F3N2O3. The highest BCUT2D eigenvalue weighted by atomic mass is 19.4. The van der Waals surface area contributed by atoms with E-state index in [0.717, 1.165) is 6.07 Å². The Bertz CT molecular complexity index is 766.